The van der Waals surface area contributed by atoms with Gasteiger partial charge in [0, 0.05) is 0 Å². The van der Waals surface area contributed by atoms with Crippen molar-refractivity contribution in [3.63, 3.8) is 0 Å². The van der Waals surface area contributed by atoms with E-state index in [1.54, 1.807) is 12.1 Å². The minimum atomic E-state index is -3.75. The Morgan fingerprint density at radius 3 is 2.33 bits per heavy atom. The van der Waals surface area contributed by atoms with E-state index in [2.05, 4.69) is 9.46 Å². The third kappa shape index (κ3) is 4.82. The van der Waals surface area contributed by atoms with Crippen LogP contribution < -0.4 is 4.72 Å². The largest absolute Gasteiger partial charge is 0.468 e. The Labute approximate surface area is 126 Å². The normalized spacial score (nSPS) is 13.2. The number of hydrogen-bond donors (Lipinski definition) is 1. The molecule has 6 heteroatoms. The summed E-state index contributed by atoms with van der Waals surface area (Å²) in [5.41, 5.74) is 1.90. The van der Waals surface area contributed by atoms with Crippen molar-refractivity contribution in [3.05, 3.63) is 29.3 Å². The van der Waals surface area contributed by atoms with Crippen molar-refractivity contribution in [3.8, 4) is 0 Å². The van der Waals surface area contributed by atoms with E-state index in [9.17, 15) is 13.2 Å². The summed E-state index contributed by atoms with van der Waals surface area (Å²) in [7, 11) is -2.50. The van der Waals surface area contributed by atoms with Gasteiger partial charge in [-0.3, -0.25) is 4.79 Å². The van der Waals surface area contributed by atoms with E-state index in [1.165, 1.54) is 13.2 Å². The molecule has 1 rings (SSSR count). The highest BCUT2D eigenvalue weighted by Crippen LogP contribution is 2.16. The molecule has 0 fully saturated rings. The molecular weight excluding hydrogens is 290 g/mol. The Kier molecular flexibility index (Phi) is 5.92. The van der Waals surface area contributed by atoms with Crippen LogP contribution in [0.1, 0.15) is 31.4 Å². The second-order valence-corrected chi connectivity index (χ2v) is 7.29. The van der Waals surface area contributed by atoms with Crippen molar-refractivity contribution < 1.29 is 17.9 Å². The van der Waals surface area contributed by atoms with E-state index in [-0.39, 0.29) is 10.8 Å². The fourth-order valence-electron chi connectivity index (χ4n) is 1.94. The fraction of sp³-hybridized carbons (Fsp3) is 0.533. The highest BCUT2D eigenvalue weighted by atomic mass is 32.2. The highest BCUT2D eigenvalue weighted by Gasteiger charge is 2.27. The number of hydrogen-bond acceptors (Lipinski definition) is 4. The molecular formula is C15H23NO4S. The van der Waals surface area contributed by atoms with Crippen LogP contribution in [0.3, 0.4) is 0 Å². The summed E-state index contributed by atoms with van der Waals surface area (Å²) >= 11 is 0. The lowest BCUT2D eigenvalue weighted by molar-refractivity contribution is -0.143. The van der Waals surface area contributed by atoms with Gasteiger partial charge in [0.05, 0.1) is 12.0 Å². The van der Waals surface area contributed by atoms with E-state index in [0.717, 1.165) is 11.1 Å². The van der Waals surface area contributed by atoms with Crippen LogP contribution in [0.4, 0.5) is 0 Å². The number of methoxy groups -OCH3 is 1. The first-order chi connectivity index (χ1) is 9.67. The van der Waals surface area contributed by atoms with Gasteiger partial charge in [-0.25, -0.2) is 8.42 Å². The predicted octanol–water partition coefficient (Wildman–Crippen LogP) is 2.17. The van der Waals surface area contributed by atoms with E-state index in [1.807, 2.05) is 27.7 Å². The third-order valence-electron chi connectivity index (χ3n) is 3.28. The maximum Gasteiger partial charge on any atom is 0.323 e. The molecule has 0 aliphatic carbocycles. The fourth-order valence-corrected chi connectivity index (χ4v) is 3.22. The number of aryl methyl sites for hydroxylation is 2. The van der Waals surface area contributed by atoms with Gasteiger partial charge in [0.2, 0.25) is 10.0 Å². The molecule has 1 N–H and O–H groups in total. The molecule has 0 aliphatic heterocycles. The Balaban J connectivity index is 3.05. The van der Waals surface area contributed by atoms with Crippen LogP contribution in [0, 0.1) is 19.8 Å². The minimum absolute atomic E-state index is 0.156. The molecule has 0 saturated carbocycles. The summed E-state index contributed by atoms with van der Waals surface area (Å²) in [5.74, 6) is -0.410. The Morgan fingerprint density at radius 2 is 1.86 bits per heavy atom. The molecule has 21 heavy (non-hydrogen) atoms. The zero-order valence-electron chi connectivity index (χ0n) is 13.1. The van der Waals surface area contributed by atoms with Gasteiger partial charge in [0.15, 0.2) is 0 Å². The summed E-state index contributed by atoms with van der Waals surface area (Å²) in [4.78, 5) is 11.9. The summed E-state index contributed by atoms with van der Waals surface area (Å²) in [5, 5.41) is 0. The second-order valence-electron chi connectivity index (χ2n) is 5.57. The molecule has 0 aromatic heterocycles. The first kappa shape index (κ1) is 17.7. The smallest absolute Gasteiger partial charge is 0.323 e. The molecule has 118 valence electrons. The Morgan fingerprint density at radius 1 is 1.24 bits per heavy atom. The van der Waals surface area contributed by atoms with E-state index in [4.69, 9.17) is 0 Å². The van der Waals surface area contributed by atoms with Crippen LogP contribution >= 0.6 is 0 Å². The van der Waals surface area contributed by atoms with Gasteiger partial charge in [-0.1, -0.05) is 19.9 Å². The van der Waals surface area contributed by atoms with Crippen LogP contribution in [-0.4, -0.2) is 27.5 Å². The minimum Gasteiger partial charge on any atom is -0.468 e. The maximum absolute atomic E-state index is 12.4. The molecule has 1 aromatic carbocycles. The standard InChI is InChI=1S/C15H23NO4S/c1-10(2)8-14(15(17)20-5)16-21(18,19)13-7-6-11(3)12(4)9-13/h6-7,9-10,14,16H,8H2,1-5H3. The number of carbonyl (C=O) groups is 1. The quantitative estimate of drug-likeness (QED) is 0.817. The molecule has 0 heterocycles. The second kappa shape index (κ2) is 7.04. The van der Waals surface area contributed by atoms with Gasteiger partial charge < -0.3 is 4.74 Å². The molecule has 0 spiro atoms. The van der Waals surface area contributed by atoms with Crippen LogP contribution in [0.15, 0.2) is 23.1 Å². The van der Waals surface area contributed by atoms with Gasteiger partial charge in [-0.2, -0.15) is 4.72 Å². The molecule has 0 radical (unpaired) electrons. The van der Waals surface area contributed by atoms with Crippen LogP contribution in [0.25, 0.3) is 0 Å². The number of rotatable bonds is 6. The highest BCUT2D eigenvalue weighted by molar-refractivity contribution is 7.89. The van der Waals surface area contributed by atoms with Gasteiger partial charge >= 0.3 is 5.97 Å². The van der Waals surface area contributed by atoms with Gasteiger partial charge in [-0.15, -0.1) is 0 Å². The molecule has 1 atom stereocenters. The lowest BCUT2D eigenvalue weighted by Crippen LogP contribution is -2.42. The summed E-state index contributed by atoms with van der Waals surface area (Å²) in [6.45, 7) is 7.59. The number of carbonyl (C=O) groups excluding carboxylic acids is 1. The zero-order chi connectivity index (χ0) is 16.2. The molecule has 1 aromatic rings. The van der Waals surface area contributed by atoms with Crippen molar-refractivity contribution in [1.82, 2.24) is 4.72 Å². The molecule has 5 nitrogen and oxygen atoms in total. The van der Waals surface area contributed by atoms with Crippen LogP contribution in [0.5, 0.6) is 0 Å². The van der Waals surface area contributed by atoms with Gasteiger partial charge in [0.25, 0.3) is 0 Å². The van der Waals surface area contributed by atoms with Gasteiger partial charge in [-0.05, 0) is 49.4 Å². The number of esters is 1. The van der Waals surface area contributed by atoms with Gasteiger partial charge in [0.1, 0.15) is 6.04 Å². The van der Waals surface area contributed by atoms with Crippen molar-refractivity contribution >= 4 is 16.0 Å². The van der Waals surface area contributed by atoms with E-state index < -0.39 is 22.0 Å². The summed E-state index contributed by atoms with van der Waals surface area (Å²) in [6.07, 6.45) is 0.386. The molecule has 0 saturated heterocycles. The number of benzene rings is 1. The predicted molar refractivity (Wildman–Crippen MR) is 81.5 cm³/mol. The lowest BCUT2D eigenvalue weighted by Gasteiger charge is -2.18. The Bertz CT molecular complexity index is 608. The van der Waals surface area contributed by atoms with Crippen molar-refractivity contribution in [1.29, 1.82) is 0 Å². The first-order valence-corrected chi connectivity index (χ1v) is 8.33. The Hall–Kier alpha value is -1.40. The van der Waals surface area contributed by atoms with E-state index >= 15 is 0 Å². The zero-order valence-corrected chi connectivity index (χ0v) is 14.0. The third-order valence-corrected chi connectivity index (χ3v) is 4.75. The maximum atomic E-state index is 12.4. The van der Waals surface area contributed by atoms with Crippen molar-refractivity contribution in [2.75, 3.05) is 7.11 Å². The van der Waals surface area contributed by atoms with Crippen LogP contribution in [0.2, 0.25) is 0 Å². The number of ether oxygens (including phenoxy) is 1. The average Bonchev–Trinajstić information content (AvgIpc) is 2.39. The molecule has 0 amide bonds. The SMILES string of the molecule is COC(=O)C(CC(C)C)NS(=O)(=O)c1ccc(C)c(C)c1. The van der Waals surface area contributed by atoms with Crippen LogP contribution in [-0.2, 0) is 19.6 Å². The monoisotopic (exact) mass is 313 g/mol. The van der Waals surface area contributed by atoms with Crippen molar-refractivity contribution in [2.45, 2.75) is 45.1 Å². The van der Waals surface area contributed by atoms with E-state index in [0.29, 0.717) is 6.42 Å². The molecule has 0 aliphatic rings. The number of sulfonamides is 1. The molecule has 0 bridgehead atoms. The molecule has 1 unspecified atom stereocenters. The topological polar surface area (TPSA) is 72.5 Å². The summed E-state index contributed by atoms with van der Waals surface area (Å²) < 4.78 is 31.9. The lowest BCUT2D eigenvalue weighted by atomic mass is 10.1. The summed E-state index contributed by atoms with van der Waals surface area (Å²) in [6, 6.07) is 4.01. The average molecular weight is 313 g/mol. The van der Waals surface area contributed by atoms with Crippen molar-refractivity contribution in [2.24, 2.45) is 5.92 Å². The number of nitrogens with one attached hydrogen (secondary N) is 1. The first-order valence-electron chi connectivity index (χ1n) is 6.84.